The predicted octanol–water partition coefficient (Wildman–Crippen LogP) is 12.5. The van der Waals surface area contributed by atoms with E-state index in [1.807, 2.05) is 36.4 Å². The van der Waals surface area contributed by atoms with Gasteiger partial charge in [0.25, 0.3) is 0 Å². The van der Waals surface area contributed by atoms with Gasteiger partial charge in [0.05, 0.1) is 20.8 Å². The standard InChI is InChI=1S/C44H31N/c1-2-11-32(12-3-1)33-23-27-39(28-24-33)45(44-22-10-16-36-14-5-7-20-43(36)44)40-29-25-34(26-30-40)37-17-8-18-38(31-37)42-21-9-15-35-13-4-6-19-41(35)42/h1-31H/i5D,7D,10D,14D,16D,20D,22D,23D,24D,27D,28D. The van der Waals surface area contributed by atoms with Crippen LogP contribution in [0, 0.1) is 0 Å². The lowest BCUT2D eigenvalue weighted by Crippen LogP contribution is -2.10. The number of hydrogen-bond acceptors (Lipinski definition) is 1. The topological polar surface area (TPSA) is 3.24 Å². The molecule has 8 rings (SSSR count). The van der Waals surface area contributed by atoms with Gasteiger partial charge in [0, 0.05) is 16.8 Å². The maximum absolute atomic E-state index is 9.31. The zero-order valence-electron chi connectivity index (χ0n) is 35.0. The Balaban J connectivity index is 1.38. The Morgan fingerprint density at radius 2 is 1.04 bits per heavy atom. The molecule has 0 aliphatic rings. The Labute approximate surface area is 279 Å². The van der Waals surface area contributed by atoms with Gasteiger partial charge in [0.15, 0.2) is 0 Å². The summed E-state index contributed by atoms with van der Waals surface area (Å²) < 4.78 is 98.0. The molecule has 212 valence electrons. The minimum atomic E-state index is -0.624. The average molecular weight is 585 g/mol. The molecule has 0 aliphatic heterocycles. The van der Waals surface area contributed by atoms with E-state index in [-0.39, 0.29) is 45.5 Å². The molecule has 0 spiro atoms. The lowest BCUT2D eigenvalue weighted by Gasteiger charge is -2.27. The highest BCUT2D eigenvalue weighted by molar-refractivity contribution is 5.99. The first kappa shape index (κ1) is 17.4. The fourth-order valence-corrected chi connectivity index (χ4v) is 5.65. The fourth-order valence-electron chi connectivity index (χ4n) is 5.65. The molecule has 8 aromatic carbocycles. The molecule has 0 saturated carbocycles. The molecule has 0 radical (unpaired) electrons. The first-order valence-corrected chi connectivity index (χ1v) is 14.5. The van der Waals surface area contributed by atoms with Crippen LogP contribution >= 0.6 is 0 Å². The van der Waals surface area contributed by atoms with Gasteiger partial charge in [-0.25, -0.2) is 0 Å². The molecule has 0 unspecified atom stereocenters. The molecule has 8 aromatic rings. The summed E-state index contributed by atoms with van der Waals surface area (Å²) in [5.41, 5.74) is 3.97. The number of anilines is 3. The second kappa shape index (κ2) is 11.6. The van der Waals surface area contributed by atoms with Crippen LogP contribution in [0.4, 0.5) is 17.1 Å². The molecule has 0 aliphatic carbocycles. The molecule has 0 saturated heterocycles. The maximum atomic E-state index is 9.31. The number of nitrogens with zero attached hydrogens (tertiary/aromatic N) is 1. The van der Waals surface area contributed by atoms with Gasteiger partial charge >= 0.3 is 0 Å². The zero-order valence-corrected chi connectivity index (χ0v) is 24.0. The Morgan fingerprint density at radius 1 is 0.378 bits per heavy atom. The van der Waals surface area contributed by atoms with Gasteiger partial charge in [-0.05, 0) is 85.9 Å². The van der Waals surface area contributed by atoms with Crippen molar-refractivity contribution in [1.82, 2.24) is 0 Å². The summed E-state index contributed by atoms with van der Waals surface area (Å²) in [5, 5.41) is 1.68. The highest BCUT2D eigenvalue weighted by atomic mass is 15.1. The molecular formula is C44H31N. The summed E-state index contributed by atoms with van der Waals surface area (Å²) in [6.07, 6.45) is 0. The van der Waals surface area contributed by atoms with Crippen LogP contribution in [0.25, 0.3) is 54.9 Å². The van der Waals surface area contributed by atoms with Crippen molar-refractivity contribution in [3.8, 4) is 33.4 Å². The first-order valence-electron chi connectivity index (χ1n) is 20.0. The smallest absolute Gasteiger partial charge is 0.0645 e. The Morgan fingerprint density at radius 3 is 1.91 bits per heavy atom. The normalized spacial score (nSPS) is 14.5. The molecule has 0 N–H and O–H groups in total. The summed E-state index contributed by atoms with van der Waals surface area (Å²) in [6.45, 7) is 0. The van der Waals surface area contributed by atoms with Crippen LogP contribution in [0.3, 0.4) is 0 Å². The second-order valence-corrected chi connectivity index (χ2v) is 10.6. The molecule has 0 amide bonds. The van der Waals surface area contributed by atoms with Crippen molar-refractivity contribution in [2.24, 2.45) is 0 Å². The van der Waals surface area contributed by atoms with Gasteiger partial charge in [-0.2, -0.15) is 0 Å². The largest absolute Gasteiger partial charge is 0.310 e. The van der Waals surface area contributed by atoms with Gasteiger partial charge in [-0.15, -0.1) is 0 Å². The van der Waals surface area contributed by atoms with E-state index < -0.39 is 54.4 Å². The zero-order chi connectivity index (χ0) is 39.6. The van der Waals surface area contributed by atoms with Crippen molar-refractivity contribution >= 4 is 38.6 Å². The van der Waals surface area contributed by atoms with Crippen LogP contribution in [-0.4, -0.2) is 0 Å². The summed E-state index contributed by atoms with van der Waals surface area (Å²) in [5.74, 6) is 0. The van der Waals surface area contributed by atoms with Crippen molar-refractivity contribution in [3.63, 3.8) is 0 Å². The van der Waals surface area contributed by atoms with Crippen molar-refractivity contribution < 1.29 is 15.1 Å². The predicted molar refractivity (Wildman–Crippen MR) is 192 cm³/mol. The molecule has 45 heavy (non-hydrogen) atoms. The molecule has 0 aromatic heterocycles. The van der Waals surface area contributed by atoms with E-state index >= 15 is 0 Å². The third-order valence-electron chi connectivity index (χ3n) is 7.84. The van der Waals surface area contributed by atoms with Crippen molar-refractivity contribution in [3.05, 3.63) is 188 Å². The first-order chi connectivity index (χ1) is 26.9. The minimum Gasteiger partial charge on any atom is -0.310 e. The number of fused-ring (bicyclic) bond motifs is 2. The Kier molecular flexibility index (Phi) is 4.50. The molecule has 1 heteroatoms. The fraction of sp³-hybridized carbons (Fsp3) is 0. The number of benzene rings is 8. The van der Waals surface area contributed by atoms with E-state index in [2.05, 4.69) is 30.3 Å². The van der Waals surface area contributed by atoms with Gasteiger partial charge in [0.1, 0.15) is 0 Å². The minimum absolute atomic E-state index is 0.0614. The maximum Gasteiger partial charge on any atom is 0.0645 e. The van der Waals surface area contributed by atoms with E-state index in [4.69, 9.17) is 11.0 Å². The highest BCUT2D eigenvalue weighted by Gasteiger charge is 2.16. The van der Waals surface area contributed by atoms with Crippen LogP contribution in [0.2, 0.25) is 0 Å². The Hall–Kier alpha value is -5.92. The van der Waals surface area contributed by atoms with E-state index in [0.29, 0.717) is 5.56 Å². The van der Waals surface area contributed by atoms with Gasteiger partial charge in [-0.1, -0.05) is 151 Å². The van der Waals surface area contributed by atoms with Crippen LogP contribution in [-0.2, 0) is 0 Å². The van der Waals surface area contributed by atoms with Crippen LogP contribution in [0.1, 0.15) is 15.1 Å². The van der Waals surface area contributed by atoms with Gasteiger partial charge < -0.3 is 4.90 Å². The van der Waals surface area contributed by atoms with E-state index in [1.165, 1.54) is 4.90 Å². The van der Waals surface area contributed by atoms with Crippen LogP contribution in [0.5, 0.6) is 0 Å². The van der Waals surface area contributed by atoms with Gasteiger partial charge in [-0.3, -0.25) is 0 Å². The molecule has 0 fully saturated rings. The van der Waals surface area contributed by atoms with Crippen molar-refractivity contribution in [2.75, 3.05) is 4.90 Å². The van der Waals surface area contributed by atoms with E-state index in [9.17, 15) is 4.11 Å². The monoisotopic (exact) mass is 584 g/mol. The molecule has 0 atom stereocenters. The summed E-state index contributed by atoms with van der Waals surface area (Å²) in [6, 6.07) is 32.1. The SMILES string of the molecule is [2H]c1c([2H])c(N(c2ccc(-c3cccc(-c4cccc5ccccc45)c3)cc2)c2c([2H])c([2H])c([2H])c3c([2H])c([2H])c([2H])c([2H])c23)c([2H])c([2H])c1-c1ccccc1. The summed E-state index contributed by atoms with van der Waals surface area (Å²) in [4.78, 5) is 1.26. The molecule has 1 nitrogen and oxygen atoms in total. The number of rotatable bonds is 6. The van der Waals surface area contributed by atoms with E-state index in [1.54, 1.807) is 54.6 Å². The quantitative estimate of drug-likeness (QED) is 0.188. The average Bonchev–Trinajstić information content (AvgIpc) is 3.23. The second-order valence-electron chi connectivity index (χ2n) is 10.6. The lowest BCUT2D eigenvalue weighted by atomic mass is 9.95. The highest BCUT2D eigenvalue weighted by Crippen LogP contribution is 2.40. The van der Waals surface area contributed by atoms with Gasteiger partial charge in [0.2, 0.25) is 0 Å². The van der Waals surface area contributed by atoms with Crippen LogP contribution in [0.15, 0.2) is 188 Å². The third kappa shape index (κ3) is 5.15. The Bertz CT molecular complexity index is 2830. The molecule has 0 heterocycles. The summed E-state index contributed by atoms with van der Waals surface area (Å²) in [7, 11) is 0. The number of hydrogen-bond donors (Lipinski definition) is 0. The van der Waals surface area contributed by atoms with Crippen molar-refractivity contribution in [2.45, 2.75) is 0 Å². The molecule has 0 bridgehead atoms. The van der Waals surface area contributed by atoms with Crippen molar-refractivity contribution in [1.29, 1.82) is 0 Å². The van der Waals surface area contributed by atoms with E-state index in [0.717, 1.165) is 33.0 Å². The summed E-state index contributed by atoms with van der Waals surface area (Å²) >= 11 is 0. The van der Waals surface area contributed by atoms with Crippen LogP contribution < -0.4 is 4.90 Å². The third-order valence-corrected chi connectivity index (χ3v) is 7.84. The lowest BCUT2D eigenvalue weighted by molar-refractivity contribution is 1.30. The molecular weight excluding hydrogens is 542 g/mol.